The second-order valence-electron chi connectivity index (χ2n) is 4.91. The van der Waals surface area contributed by atoms with Crippen LogP contribution in [0.15, 0.2) is 47.4 Å². The van der Waals surface area contributed by atoms with Crippen LogP contribution < -0.4 is 4.74 Å². The molecular weight excluding hydrogens is 284 g/mol. The van der Waals surface area contributed by atoms with E-state index in [4.69, 9.17) is 4.74 Å². The Hall–Kier alpha value is -1.94. The lowest BCUT2D eigenvalue weighted by Crippen LogP contribution is -2.12. The van der Waals surface area contributed by atoms with Crippen LogP contribution in [0.25, 0.3) is 0 Å². The van der Waals surface area contributed by atoms with E-state index in [2.05, 4.69) is 0 Å². The SMILES string of the molecule is COc1cccc(S(=O)CC(=O)c2ccc(C)cc2C)c1. The van der Waals surface area contributed by atoms with Gasteiger partial charge < -0.3 is 4.74 Å². The van der Waals surface area contributed by atoms with Crippen molar-refractivity contribution < 1.29 is 13.7 Å². The molecule has 0 aliphatic heterocycles. The van der Waals surface area contributed by atoms with Gasteiger partial charge in [0, 0.05) is 10.5 Å². The zero-order valence-corrected chi connectivity index (χ0v) is 13.2. The Labute approximate surface area is 127 Å². The zero-order valence-electron chi connectivity index (χ0n) is 12.4. The maximum atomic E-state index is 12.3. The van der Waals surface area contributed by atoms with E-state index in [0.717, 1.165) is 11.1 Å². The van der Waals surface area contributed by atoms with E-state index in [-0.39, 0.29) is 11.5 Å². The Morgan fingerprint density at radius 3 is 2.57 bits per heavy atom. The highest BCUT2D eigenvalue weighted by molar-refractivity contribution is 7.85. The Kier molecular flexibility index (Phi) is 4.91. The van der Waals surface area contributed by atoms with Gasteiger partial charge in [-0.15, -0.1) is 0 Å². The number of carbonyl (C=O) groups excluding carboxylic acids is 1. The van der Waals surface area contributed by atoms with Gasteiger partial charge in [0.15, 0.2) is 5.78 Å². The number of Topliss-reactive ketones (excluding diaryl/α,β-unsaturated/α-hetero) is 1. The van der Waals surface area contributed by atoms with E-state index < -0.39 is 10.8 Å². The summed E-state index contributed by atoms with van der Waals surface area (Å²) in [5.74, 6) is 0.519. The number of hydrogen-bond donors (Lipinski definition) is 0. The van der Waals surface area contributed by atoms with Crippen LogP contribution in [0.1, 0.15) is 21.5 Å². The summed E-state index contributed by atoms with van der Waals surface area (Å²) < 4.78 is 17.4. The van der Waals surface area contributed by atoms with Gasteiger partial charge in [-0.3, -0.25) is 9.00 Å². The molecule has 0 radical (unpaired) electrons. The van der Waals surface area contributed by atoms with Gasteiger partial charge >= 0.3 is 0 Å². The molecule has 0 aliphatic rings. The van der Waals surface area contributed by atoms with Crippen LogP contribution in [-0.2, 0) is 10.8 Å². The first-order valence-corrected chi connectivity index (χ1v) is 7.96. The fraction of sp³-hybridized carbons (Fsp3) is 0.235. The number of benzene rings is 2. The van der Waals surface area contributed by atoms with Gasteiger partial charge in [0.2, 0.25) is 0 Å². The smallest absolute Gasteiger partial charge is 0.175 e. The third-order valence-electron chi connectivity index (χ3n) is 3.25. The third kappa shape index (κ3) is 3.79. The molecule has 2 rings (SSSR count). The second kappa shape index (κ2) is 6.68. The molecule has 0 aromatic heterocycles. The molecule has 0 heterocycles. The molecule has 1 unspecified atom stereocenters. The van der Waals surface area contributed by atoms with Crippen molar-refractivity contribution in [2.24, 2.45) is 0 Å². The molecule has 1 atom stereocenters. The first-order chi connectivity index (χ1) is 10.0. The normalized spacial score (nSPS) is 12.0. The van der Waals surface area contributed by atoms with E-state index in [0.29, 0.717) is 16.2 Å². The van der Waals surface area contributed by atoms with Gasteiger partial charge in [-0.2, -0.15) is 0 Å². The molecule has 2 aromatic rings. The molecule has 2 aromatic carbocycles. The maximum Gasteiger partial charge on any atom is 0.175 e. The highest BCUT2D eigenvalue weighted by Crippen LogP contribution is 2.18. The van der Waals surface area contributed by atoms with Crippen molar-refractivity contribution in [2.45, 2.75) is 18.7 Å². The predicted molar refractivity (Wildman–Crippen MR) is 84.5 cm³/mol. The topological polar surface area (TPSA) is 43.4 Å². The van der Waals surface area contributed by atoms with Gasteiger partial charge in [-0.05, 0) is 37.6 Å². The quantitative estimate of drug-likeness (QED) is 0.796. The number of methoxy groups -OCH3 is 1. The number of aryl methyl sites for hydroxylation is 2. The van der Waals surface area contributed by atoms with E-state index in [9.17, 15) is 9.00 Å². The molecule has 0 amide bonds. The van der Waals surface area contributed by atoms with Crippen molar-refractivity contribution in [3.8, 4) is 5.75 Å². The Morgan fingerprint density at radius 2 is 1.90 bits per heavy atom. The van der Waals surface area contributed by atoms with Gasteiger partial charge in [-0.25, -0.2) is 0 Å². The minimum atomic E-state index is -1.37. The van der Waals surface area contributed by atoms with Crippen LogP contribution in [0.3, 0.4) is 0 Å². The van der Waals surface area contributed by atoms with E-state index in [1.807, 2.05) is 26.0 Å². The van der Waals surface area contributed by atoms with E-state index in [1.54, 1.807) is 37.4 Å². The van der Waals surface area contributed by atoms with Crippen LogP contribution in [0.5, 0.6) is 5.75 Å². The Morgan fingerprint density at radius 1 is 1.14 bits per heavy atom. The summed E-state index contributed by atoms with van der Waals surface area (Å²) in [5, 5.41) is 0. The highest BCUT2D eigenvalue weighted by atomic mass is 32.2. The van der Waals surface area contributed by atoms with Crippen molar-refractivity contribution in [3.63, 3.8) is 0 Å². The van der Waals surface area contributed by atoms with Crippen molar-refractivity contribution >= 4 is 16.6 Å². The number of carbonyl (C=O) groups is 1. The molecule has 4 heteroatoms. The molecule has 0 saturated heterocycles. The first kappa shape index (κ1) is 15.4. The molecular formula is C17H18O3S. The lowest BCUT2D eigenvalue weighted by molar-refractivity contribution is 0.102. The number of hydrogen-bond acceptors (Lipinski definition) is 3. The maximum absolute atomic E-state index is 12.3. The number of ether oxygens (including phenoxy) is 1. The summed E-state index contributed by atoms with van der Waals surface area (Å²) in [7, 11) is 0.189. The average Bonchev–Trinajstić information content (AvgIpc) is 2.47. The number of ketones is 1. The van der Waals surface area contributed by atoms with Crippen molar-refractivity contribution in [3.05, 3.63) is 59.2 Å². The Balaban J connectivity index is 2.16. The molecule has 0 N–H and O–H groups in total. The Bertz CT molecular complexity index is 692. The minimum Gasteiger partial charge on any atom is -0.497 e. The molecule has 0 fully saturated rings. The van der Waals surface area contributed by atoms with Gasteiger partial charge in [0.1, 0.15) is 5.75 Å². The predicted octanol–water partition coefficient (Wildman–Crippen LogP) is 3.30. The largest absolute Gasteiger partial charge is 0.497 e. The molecule has 21 heavy (non-hydrogen) atoms. The summed E-state index contributed by atoms with van der Waals surface area (Å²) in [4.78, 5) is 12.9. The fourth-order valence-corrected chi connectivity index (χ4v) is 3.19. The van der Waals surface area contributed by atoms with Crippen LogP contribution in [0.4, 0.5) is 0 Å². The second-order valence-corrected chi connectivity index (χ2v) is 6.36. The summed E-state index contributed by atoms with van der Waals surface area (Å²) >= 11 is 0. The monoisotopic (exact) mass is 302 g/mol. The zero-order chi connectivity index (χ0) is 15.4. The van der Waals surface area contributed by atoms with Crippen LogP contribution in [-0.4, -0.2) is 22.9 Å². The standard InChI is InChI=1S/C17H18O3S/c1-12-7-8-16(13(2)9-12)17(18)11-21(19)15-6-4-5-14(10-15)20-3/h4-10H,11H2,1-3H3. The van der Waals surface area contributed by atoms with Crippen LogP contribution in [0.2, 0.25) is 0 Å². The van der Waals surface area contributed by atoms with Crippen LogP contribution in [0, 0.1) is 13.8 Å². The van der Waals surface area contributed by atoms with Crippen LogP contribution >= 0.6 is 0 Å². The van der Waals surface area contributed by atoms with Gasteiger partial charge in [0.25, 0.3) is 0 Å². The van der Waals surface area contributed by atoms with Gasteiger partial charge in [0.05, 0.1) is 23.7 Å². The number of rotatable bonds is 5. The molecule has 0 aliphatic carbocycles. The molecule has 110 valence electrons. The van der Waals surface area contributed by atoms with Crippen molar-refractivity contribution in [1.82, 2.24) is 0 Å². The average molecular weight is 302 g/mol. The van der Waals surface area contributed by atoms with E-state index in [1.165, 1.54) is 0 Å². The minimum absolute atomic E-state index is 0.0168. The first-order valence-electron chi connectivity index (χ1n) is 6.64. The van der Waals surface area contributed by atoms with Crippen molar-refractivity contribution in [2.75, 3.05) is 12.9 Å². The molecule has 0 spiro atoms. The molecule has 0 saturated carbocycles. The highest BCUT2D eigenvalue weighted by Gasteiger charge is 2.14. The third-order valence-corrected chi connectivity index (χ3v) is 4.55. The lowest BCUT2D eigenvalue weighted by Gasteiger charge is -2.07. The molecule has 0 bridgehead atoms. The molecule has 3 nitrogen and oxygen atoms in total. The summed E-state index contributed by atoms with van der Waals surface area (Å²) in [6, 6.07) is 12.7. The lowest BCUT2D eigenvalue weighted by atomic mass is 10.0. The summed E-state index contributed by atoms with van der Waals surface area (Å²) in [5.41, 5.74) is 2.66. The van der Waals surface area contributed by atoms with Gasteiger partial charge in [-0.1, -0.05) is 29.8 Å². The summed E-state index contributed by atoms with van der Waals surface area (Å²) in [6.07, 6.45) is 0. The fourth-order valence-electron chi connectivity index (χ4n) is 2.15. The van der Waals surface area contributed by atoms with E-state index >= 15 is 0 Å². The van der Waals surface area contributed by atoms with Crippen molar-refractivity contribution in [1.29, 1.82) is 0 Å². The summed E-state index contributed by atoms with van der Waals surface area (Å²) in [6.45, 7) is 3.88.